The van der Waals surface area contributed by atoms with E-state index in [-0.39, 0.29) is 12.3 Å². The van der Waals surface area contributed by atoms with E-state index >= 15 is 0 Å². The largest absolute Gasteiger partial charge is 0.497 e. The monoisotopic (exact) mass is 618 g/mol. The maximum atomic E-state index is 12.3. The summed E-state index contributed by atoms with van der Waals surface area (Å²) in [7, 11) is 1.64. The van der Waals surface area contributed by atoms with Gasteiger partial charge in [0.2, 0.25) is 23.8 Å². The maximum absolute atomic E-state index is 12.3. The average Bonchev–Trinajstić information content (AvgIpc) is 3.58. The second-order valence-corrected chi connectivity index (χ2v) is 9.95. The van der Waals surface area contributed by atoms with Gasteiger partial charge in [-0.05, 0) is 41.8 Å². The molecule has 14 heteroatoms. The van der Waals surface area contributed by atoms with Gasteiger partial charge in [-0.15, -0.1) is 0 Å². The number of aromatic nitrogens is 5. The Morgan fingerprint density at radius 3 is 2.27 bits per heavy atom. The number of benzene rings is 2. The first kappa shape index (κ1) is 33.1. The van der Waals surface area contributed by atoms with Crippen molar-refractivity contribution in [1.29, 1.82) is 0 Å². The van der Waals surface area contributed by atoms with E-state index in [1.54, 1.807) is 19.6 Å². The number of nitrogens with two attached hydrogens (primary N) is 1. The van der Waals surface area contributed by atoms with Crippen LogP contribution in [0.5, 0.6) is 5.75 Å². The molecule has 0 aliphatic rings. The van der Waals surface area contributed by atoms with E-state index in [0.29, 0.717) is 70.5 Å². The van der Waals surface area contributed by atoms with Crippen molar-refractivity contribution < 1.29 is 19.0 Å². The number of amides is 1. The minimum atomic E-state index is -0.0764. The number of carbonyl (C=O) groups excluding carboxylic acids is 1. The molecule has 2 heterocycles. The lowest BCUT2D eigenvalue weighted by Crippen LogP contribution is -2.29. The van der Waals surface area contributed by atoms with E-state index in [4.69, 9.17) is 19.9 Å². The van der Waals surface area contributed by atoms with E-state index < -0.39 is 0 Å². The molecule has 0 atom stereocenters. The SMILES string of the molecule is COc1ccc(CNc2nc(NCCCn3ccnc3)nc(Nc3ccc(CC(=O)NCCOCCOCCN)cc3)n2)cc1. The fourth-order valence-corrected chi connectivity index (χ4v) is 4.15. The first-order valence-electron chi connectivity index (χ1n) is 14.9. The predicted molar refractivity (Wildman–Crippen MR) is 173 cm³/mol. The van der Waals surface area contributed by atoms with Crippen LogP contribution in [-0.4, -0.2) is 83.6 Å². The molecule has 0 saturated carbocycles. The van der Waals surface area contributed by atoms with Gasteiger partial charge in [0, 0.05) is 50.8 Å². The minimum absolute atomic E-state index is 0.0764. The summed E-state index contributed by atoms with van der Waals surface area (Å²) < 4.78 is 18.0. The summed E-state index contributed by atoms with van der Waals surface area (Å²) in [6.07, 6.45) is 6.62. The molecule has 2 aromatic carbocycles. The molecular formula is C31H42N10O4. The molecule has 2 aromatic heterocycles. The van der Waals surface area contributed by atoms with E-state index in [9.17, 15) is 4.79 Å². The van der Waals surface area contributed by atoms with Crippen molar-refractivity contribution in [1.82, 2.24) is 29.8 Å². The molecule has 4 rings (SSSR count). The van der Waals surface area contributed by atoms with E-state index in [1.807, 2.05) is 59.3 Å². The zero-order valence-electron chi connectivity index (χ0n) is 25.6. The fraction of sp³-hybridized carbons (Fsp3) is 0.387. The standard InChI is InChI=1S/C31H42N10O4/c1-43-27-9-5-25(6-10-27)22-36-30-38-29(35-12-2-15-41-16-13-33-23-41)39-31(40-30)37-26-7-3-24(4-8-26)21-28(42)34-14-18-45-20-19-44-17-11-32/h3-10,13,16,23H,2,11-12,14-15,17-22,32H2,1H3,(H,34,42)(H3,35,36,37,38,39,40). The highest BCUT2D eigenvalue weighted by Crippen LogP contribution is 2.18. The lowest BCUT2D eigenvalue weighted by molar-refractivity contribution is -0.120. The molecule has 0 radical (unpaired) electrons. The van der Waals surface area contributed by atoms with Crippen molar-refractivity contribution in [2.24, 2.45) is 5.73 Å². The number of methoxy groups -OCH3 is 1. The Morgan fingerprint density at radius 1 is 0.844 bits per heavy atom. The number of aryl methyl sites for hydroxylation is 1. The van der Waals surface area contributed by atoms with Gasteiger partial charge in [0.15, 0.2) is 0 Å². The van der Waals surface area contributed by atoms with Crippen LogP contribution in [0.15, 0.2) is 67.3 Å². The van der Waals surface area contributed by atoms with Crippen molar-refractivity contribution in [2.45, 2.75) is 25.9 Å². The summed E-state index contributed by atoms with van der Waals surface area (Å²) >= 11 is 0. The Kier molecular flexibility index (Phi) is 13.8. The molecule has 0 fully saturated rings. The van der Waals surface area contributed by atoms with E-state index in [2.05, 4.69) is 41.2 Å². The molecule has 4 aromatic rings. The molecule has 6 N–H and O–H groups in total. The first-order chi connectivity index (χ1) is 22.1. The highest BCUT2D eigenvalue weighted by Gasteiger charge is 2.09. The second-order valence-electron chi connectivity index (χ2n) is 9.95. The van der Waals surface area contributed by atoms with Crippen LogP contribution in [0, 0.1) is 0 Å². The van der Waals surface area contributed by atoms with Crippen LogP contribution in [0.25, 0.3) is 0 Å². The van der Waals surface area contributed by atoms with Gasteiger partial charge in [-0.2, -0.15) is 15.0 Å². The Morgan fingerprint density at radius 2 is 1.56 bits per heavy atom. The molecule has 0 unspecified atom stereocenters. The van der Waals surface area contributed by atoms with Gasteiger partial charge in [0.05, 0.1) is 46.3 Å². The zero-order chi connectivity index (χ0) is 31.5. The van der Waals surface area contributed by atoms with Crippen LogP contribution in [-0.2, 0) is 33.8 Å². The topological polar surface area (TPSA) is 175 Å². The van der Waals surface area contributed by atoms with Gasteiger partial charge >= 0.3 is 0 Å². The van der Waals surface area contributed by atoms with Gasteiger partial charge in [-0.3, -0.25) is 4.79 Å². The highest BCUT2D eigenvalue weighted by atomic mass is 16.5. The Bertz CT molecular complexity index is 1400. The number of nitrogens with one attached hydrogen (secondary N) is 4. The number of carbonyl (C=O) groups is 1. The molecule has 0 aliphatic heterocycles. The molecule has 1 amide bonds. The lowest BCUT2D eigenvalue weighted by Gasteiger charge is -2.12. The molecule has 14 nitrogen and oxygen atoms in total. The van der Waals surface area contributed by atoms with Crippen LogP contribution in [0.4, 0.5) is 23.5 Å². The highest BCUT2D eigenvalue weighted by molar-refractivity contribution is 5.78. The second kappa shape index (κ2) is 18.8. The van der Waals surface area contributed by atoms with Crippen LogP contribution in [0.2, 0.25) is 0 Å². The number of anilines is 4. The van der Waals surface area contributed by atoms with Gasteiger partial charge in [-0.1, -0.05) is 24.3 Å². The van der Waals surface area contributed by atoms with E-state index in [0.717, 1.165) is 35.5 Å². The maximum Gasteiger partial charge on any atom is 0.233 e. The van der Waals surface area contributed by atoms with Crippen molar-refractivity contribution in [3.05, 3.63) is 78.4 Å². The smallest absolute Gasteiger partial charge is 0.233 e. The van der Waals surface area contributed by atoms with Crippen molar-refractivity contribution in [2.75, 3.05) is 69.1 Å². The fourth-order valence-electron chi connectivity index (χ4n) is 4.15. The van der Waals surface area contributed by atoms with Crippen LogP contribution >= 0.6 is 0 Å². The predicted octanol–water partition coefficient (Wildman–Crippen LogP) is 2.59. The third kappa shape index (κ3) is 12.4. The molecule has 0 spiro atoms. The Labute approximate surface area is 263 Å². The molecule has 0 bridgehead atoms. The number of ether oxygens (including phenoxy) is 3. The summed E-state index contributed by atoms with van der Waals surface area (Å²) in [5, 5.41) is 12.7. The number of imidazole rings is 1. The van der Waals surface area contributed by atoms with Crippen molar-refractivity contribution in [3.63, 3.8) is 0 Å². The Hall–Kier alpha value is -4.79. The molecular weight excluding hydrogens is 576 g/mol. The summed E-state index contributed by atoms with van der Waals surface area (Å²) in [6, 6.07) is 15.4. The van der Waals surface area contributed by atoms with Crippen LogP contribution in [0.1, 0.15) is 17.5 Å². The first-order valence-corrected chi connectivity index (χ1v) is 14.9. The van der Waals surface area contributed by atoms with Crippen molar-refractivity contribution >= 4 is 29.4 Å². The normalized spacial score (nSPS) is 10.8. The summed E-state index contributed by atoms with van der Waals surface area (Å²) in [4.78, 5) is 30.1. The molecule has 0 aliphatic carbocycles. The van der Waals surface area contributed by atoms with Gasteiger partial charge < -0.3 is 45.8 Å². The summed E-state index contributed by atoms with van der Waals surface area (Å²) in [5.74, 6) is 1.99. The summed E-state index contributed by atoms with van der Waals surface area (Å²) in [6.45, 7) is 4.84. The Balaban J connectivity index is 1.30. The number of hydrogen-bond donors (Lipinski definition) is 5. The minimum Gasteiger partial charge on any atom is -0.497 e. The van der Waals surface area contributed by atoms with E-state index in [1.165, 1.54) is 0 Å². The third-order valence-electron chi connectivity index (χ3n) is 6.46. The zero-order valence-corrected chi connectivity index (χ0v) is 25.6. The molecule has 45 heavy (non-hydrogen) atoms. The third-order valence-corrected chi connectivity index (χ3v) is 6.46. The van der Waals surface area contributed by atoms with Gasteiger partial charge in [-0.25, -0.2) is 4.98 Å². The van der Waals surface area contributed by atoms with Gasteiger partial charge in [0.1, 0.15) is 5.75 Å². The molecule has 240 valence electrons. The molecule has 0 saturated heterocycles. The van der Waals surface area contributed by atoms with Crippen LogP contribution in [0.3, 0.4) is 0 Å². The van der Waals surface area contributed by atoms with Crippen molar-refractivity contribution in [3.8, 4) is 5.75 Å². The lowest BCUT2D eigenvalue weighted by atomic mass is 10.1. The average molecular weight is 619 g/mol. The summed E-state index contributed by atoms with van der Waals surface area (Å²) in [5.41, 5.74) is 8.09. The number of rotatable bonds is 21. The van der Waals surface area contributed by atoms with Gasteiger partial charge in [0.25, 0.3) is 0 Å². The number of hydrogen-bond acceptors (Lipinski definition) is 12. The number of nitrogens with zero attached hydrogens (tertiary/aromatic N) is 5. The van der Waals surface area contributed by atoms with Crippen LogP contribution < -0.4 is 31.7 Å². The quantitative estimate of drug-likeness (QED) is 0.0865.